The molecule has 0 aliphatic carbocycles. The topological polar surface area (TPSA) is 103 Å². The van der Waals surface area contributed by atoms with Crippen LogP contribution in [0, 0.1) is 0 Å². The highest BCUT2D eigenvalue weighted by Crippen LogP contribution is 2.05. The van der Waals surface area contributed by atoms with Gasteiger partial charge in [-0.2, -0.15) is 0 Å². The Labute approximate surface area is 109 Å². The van der Waals surface area contributed by atoms with E-state index in [9.17, 15) is 14.4 Å². The highest BCUT2D eigenvalue weighted by Gasteiger charge is 2.18. The number of hydrogen-bond donors (Lipinski definition) is 2. The maximum atomic E-state index is 11.4. The second-order valence-electron chi connectivity index (χ2n) is 3.32. The number of ether oxygens (including phenoxy) is 3. The molecule has 104 valence electrons. The minimum atomic E-state index is -0.832. The molecule has 0 fully saturated rings. The van der Waals surface area contributed by atoms with E-state index in [0.29, 0.717) is 6.61 Å². The van der Waals surface area contributed by atoms with Crippen LogP contribution in [0.15, 0.2) is 24.7 Å². The summed E-state index contributed by atoms with van der Waals surface area (Å²) < 4.78 is 14.4. The first kappa shape index (κ1) is 14.6. The Hall–Kier alpha value is -2.51. The van der Waals surface area contributed by atoms with Crippen molar-refractivity contribution in [3.63, 3.8) is 0 Å². The zero-order valence-corrected chi connectivity index (χ0v) is 10.1. The van der Waals surface area contributed by atoms with Crippen LogP contribution in [0.4, 0.5) is 4.79 Å². The fraction of sp³-hybridized carbons (Fsp3) is 0.364. The molecule has 0 saturated heterocycles. The molecule has 0 aromatic carbocycles. The predicted molar refractivity (Wildman–Crippen MR) is 62.7 cm³/mol. The van der Waals surface area contributed by atoms with Gasteiger partial charge in [-0.25, -0.2) is 9.59 Å². The fourth-order valence-corrected chi connectivity index (χ4v) is 1.05. The third-order valence-corrected chi connectivity index (χ3v) is 1.84. The van der Waals surface area contributed by atoms with Gasteiger partial charge in [-0.15, -0.1) is 6.58 Å². The lowest BCUT2D eigenvalue weighted by molar-refractivity contribution is -0.149. The minimum Gasteiger partial charge on any atom is -0.493 e. The Morgan fingerprint density at radius 3 is 2.84 bits per heavy atom. The third kappa shape index (κ3) is 5.57. The molecule has 0 unspecified atom stereocenters. The Bertz CT molecular complexity index is 404. The van der Waals surface area contributed by atoms with Crippen LogP contribution in [0.5, 0.6) is 0 Å². The van der Waals surface area contributed by atoms with Crippen molar-refractivity contribution >= 4 is 17.9 Å². The summed E-state index contributed by atoms with van der Waals surface area (Å²) in [6, 6.07) is -0.697. The first-order valence-corrected chi connectivity index (χ1v) is 5.43. The van der Waals surface area contributed by atoms with Crippen LogP contribution in [0.3, 0.4) is 0 Å². The summed E-state index contributed by atoms with van der Waals surface area (Å²) in [5, 5.41) is 4.30. The standard InChI is InChI=1S/C11H14N2O6/c1-2-3-12-11(16)13-9(14)7-19-10(15)8-6-17-4-5-18-8/h2,6H,1,3-5,7H2,(H2,12,13,14,16). The molecule has 3 amide bonds. The largest absolute Gasteiger partial charge is 0.493 e. The van der Waals surface area contributed by atoms with Crippen molar-refractivity contribution in [3.05, 3.63) is 24.7 Å². The van der Waals surface area contributed by atoms with E-state index >= 15 is 0 Å². The van der Waals surface area contributed by atoms with Crippen molar-refractivity contribution in [3.8, 4) is 0 Å². The van der Waals surface area contributed by atoms with Crippen LogP contribution in [0.2, 0.25) is 0 Å². The molecule has 0 aromatic rings. The van der Waals surface area contributed by atoms with Gasteiger partial charge in [0.05, 0.1) is 0 Å². The van der Waals surface area contributed by atoms with E-state index in [1.165, 1.54) is 6.08 Å². The number of urea groups is 1. The summed E-state index contributed by atoms with van der Waals surface area (Å²) in [5.41, 5.74) is 0. The zero-order chi connectivity index (χ0) is 14.1. The van der Waals surface area contributed by atoms with Crippen LogP contribution < -0.4 is 10.6 Å². The molecule has 2 N–H and O–H groups in total. The van der Waals surface area contributed by atoms with Gasteiger partial charge in [-0.1, -0.05) is 6.08 Å². The van der Waals surface area contributed by atoms with Crippen molar-refractivity contribution < 1.29 is 28.6 Å². The molecular weight excluding hydrogens is 256 g/mol. The quantitative estimate of drug-likeness (QED) is 0.512. The van der Waals surface area contributed by atoms with E-state index in [1.807, 2.05) is 5.32 Å². The summed E-state index contributed by atoms with van der Waals surface area (Å²) in [6.07, 6.45) is 2.57. The molecule has 1 heterocycles. The molecule has 0 atom stereocenters. The number of rotatable bonds is 5. The molecule has 0 spiro atoms. The lowest BCUT2D eigenvalue weighted by atomic mass is 10.5. The molecule has 0 bridgehead atoms. The predicted octanol–water partition coefficient (Wildman–Crippen LogP) is -0.570. The van der Waals surface area contributed by atoms with E-state index in [0.717, 1.165) is 6.26 Å². The van der Waals surface area contributed by atoms with Gasteiger partial charge in [0.15, 0.2) is 6.61 Å². The Morgan fingerprint density at radius 2 is 2.21 bits per heavy atom. The van der Waals surface area contributed by atoms with E-state index in [4.69, 9.17) is 9.47 Å². The SMILES string of the molecule is C=CCNC(=O)NC(=O)COC(=O)C1=COCCO1. The molecule has 1 rings (SSSR count). The van der Waals surface area contributed by atoms with Crippen LogP contribution in [-0.2, 0) is 23.8 Å². The monoisotopic (exact) mass is 270 g/mol. The molecule has 0 aromatic heterocycles. The van der Waals surface area contributed by atoms with Crippen molar-refractivity contribution in [2.24, 2.45) is 0 Å². The minimum absolute atomic E-state index is 0.116. The summed E-state index contributed by atoms with van der Waals surface area (Å²) in [7, 11) is 0. The average molecular weight is 270 g/mol. The van der Waals surface area contributed by atoms with Gasteiger partial charge < -0.3 is 19.5 Å². The van der Waals surface area contributed by atoms with Gasteiger partial charge >= 0.3 is 12.0 Å². The number of imide groups is 1. The highest BCUT2D eigenvalue weighted by atomic mass is 16.6. The van der Waals surface area contributed by atoms with Crippen molar-refractivity contribution in [2.75, 3.05) is 26.4 Å². The lowest BCUT2D eigenvalue weighted by Crippen LogP contribution is -2.41. The van der Waals surface area contributed by atoms with Gasteiger partial charge in [0, 0.05) is 6.54 Å². The zero-order valence-electron chi connectivity index (χ0n) is 10.1. The lowest BCUT2D eigenvalue weighted by Gasteiger charge is -2.14. The number of hydrogen-bond acceptors (Lipinski definition) is 6. The Morgan fingerprint density at radius 1 is 1.42 bits per heavy atom. The maximum Gasteiger partial charge on any atom is 0.377 e. The fourth-order valence-electron chi connectivity index (χ4n) is 1.05. The molecule has 0 saturated carbocycles. The van der Waals surface area contributed by atoms with Crippen molar-refractivity contribution in [2.45, 2.75) is 0 Å². The molecule has 0 radical (unpaired) electrons. The van der Waals surface area contributed by atoms with Gasteiger partial charge in [0.1, 0.15) is 19.5 Å². The van der Waals surface area contributed by atoms with E-state index in [-0.39, 0.29) is 18.9 Å². The molecular formula is C11H14N2O6. The molecule has 1 aliphatic rings. The highest BCUT2D eigenvalue weighted by molar-refractivity contribution is 5.96. The van der Waals surface area contributed by atoms with E-state index in [1.54, 1.807) is 0 Å². The van der Waals surface area contributed by atoms with Crippen LogP contribution >= 0.6 is 0 Å². The Balaban J connectivity index is 2.25. The number of carbonyl (C=O) groups excluding carboxylic acids is 3. The smallest absolute Gasteiger partial charge is 0.377 e. The number of nitrogens with one attached hydrogen (secondary N) is 2. The molecule has 19 heavy (non-hydrogen) atoms. The second kappa shape index (κ2) is 7.75. The Kier molecular flexibility index (Phi) is 5.93. The van der Waals surface area contributed by atoms with E-state index < -0.39 is 24.5 Å². The summed E-state index contributed by atoms with van der Waals surface area (Å²) in [5.74, 6) is -1.70. The number of carbonyl (C=O) groups is 3. The average Bonchev–Trinajstić information content (AvgIpc) is 2.43. The van der Waals surface area contributed by atoms with Gasteiger partial charge in [-0.3, -0.25) is 10.1 Å². The van der Waals surface area contributed by atoms with Crippen molar-refractivity contribution in [1.82, 2.24) is 10.6 Å². The first-order valence-electron chi connectivity index (χ1n) is 5.43. The van der Waals surface area contributed by atoms with Gasteiger partial charge in [0.25, 0.3) is 5.91 Å². The van der Waals surface area contributed by atoms with Gasteiger partial charge in [-0.05, 0) is 0 Å². The van der Waals surface area contributed by atoms with Crippen molar-refractivity contribution in [1.29, 1.82) is 0 Å². The summed E-state index contributed by atoms with van der Waals surface area (Å²) in [4.78, 5) is 33.7. The number of esters is 1. The summed E-state index contributed by atoms with van der Waals surface area (Å²) >= 11 is 0. The second-order valence-corrected chi connectivity index (χ2v) is 3.32. The number of amides is 3. The van der Waals surface area contributed by atoms with E-state index in [2.05, 4.69) is 16.6 Å². The third-order valence-electron chi connectivity index (χ3n) is 1.84. The molecule has 8 heteroatoms. The van der Waals surface area contributed by atoms with Crippen LogP contribution in [-0.4, -0.2) is 44.3 Å². The maximum absolute atomic E-state index is 11.4. The molecule has 8 nitrogen and oxygen atoms in total. The molecule has 1 aliphatic heterocycles. The first-order chi connectivity index (χ1) is 9.13. The summed E-state index contributed by atoms with van der Waals surface area (Å²) in [6.45, 7) is 3.60. The van der Waals surface area contributed by atoms with Crippen LogP contribution in [0.1, 0.15) is 0 Å². The van der Waals surface area contributed by atoms with Gasteiger partial charge in [0.2, 0.25) is 5.76 Å². The normalized spacial score (nSPS) is 13.2. The van der Waals surface area contributed by atoms with Crippen LogP contribution in [0.25, 0.3) is 0 Å².